The summed E-state index contributed by atoms with van der Waals surface area (Å²) in [5, 5.41) is 5.38. The van der Waals surface area contributed by atoms with Crippen LogP contribution in [-0.4, -0.2) is 31.0 Å². The molecule has 0 radical (unpaired) electrons. The maximum Gasteiger partial charge on any atom is 0.409 e. The Kier molecular flexibility index (Phi) is 5.93. The van der Waals surface area contributed by atoms with Crippen molar-refractivity contribution in [1.29, 1.82) is 0 Å². The van der Waals surface area contributed by atoms with Crippen molar-refractivity contribution in [3.05, 3.63) is 95.6 Å². The number of nitrogens with zero attached hydrogens (tertiary/aromatic N) is 1. The molecule has 1 atom stereocenters. The van der Waals surface area contributed by atoms with Crippen LogP contribution >= 0.6 is 0 Å². The highest BCUT2D eigenvalue weighted by Gasteiger charge is 2.27. The lowest BCUT2D eigenvalue weighted by atomic mass is 10.0. The van der Waals surface area contributed by atoms with E-state index in [-0.39, 0.29) is 6.61 Å². The van der Waals surface area contributed by atoms with Crippen LogP contribution in [-0.2, 0) is 16.1 Å². The molecular formula is C24H21N3O4. The van der Waals surface area contributed by atoms with Gasteiger partial charge in [0.1, 0.15) is 12.4 Å². The lowest BCUT2D eigenvalue weighted by Gasteiger charge is -2.13. The SMILES string of the molecule is COc1cccc(C2=NC(NC(=O)OCc3ccccc3)C(=O)Nc3ccccc32)c1. The molecule has 2 N–H and O–H groups in total. The quantitative estimate of drug-likeness (QED) is 0.664. The highest BCUT2D eigenvalue weighted by molar-refractivity contribution is 6.19. The van der Waals surface area contributed by atoms with Gasteiger partial charge in [0.25, 0.3) is 5.91 Å². The molecule has 4 rings (SSSR count). The third kappa shape index (κ3) is 4.72. The number of aliphatic imine (C=N–C) groups is 1. The lowest BCUT2D eigenvalue weighted by molar-refractivity contribution is -0.117. The van der Waals surface area contributed by atoms with Gasteiger partial charge in [-0.05, 0) is 23.8 Å². The monoisotopic (exact) mass is 415 g/mol. The summed E-state index contributed by atoms with van der Waals surface area (Å²) in [6.07, 6.45) is -1.89. The maximum absolute atomic E-state index is 12.8. The Bertz CT molecular complexity index is 1130. The number of benzodiazepines with no additional fused rings is 1. The number of para-hydroxylation sites is 1. The first kappa shape index (κ1) is 20.2. The summed E-state index contributed by atoms with van der Waals surface area (Å²) in [6.45, 7) is 0.0910. The first-order chi connectivity index (χ1) is 15.1. The van der Waals surface area contributed by atoms with Gasteiger partial charge in [-0.25, -0.2) is 9.79 Å². The third-order valence-electron chi connectivity index (χ3n) is 4.76. The van der Waals surface area contributed by atoms with Crippen LogP contribution in [0, 0.1) is 0 Å². The number of anilines is 1. The first-order valence-corrected chi connectivity index (χ1v) is 9.74. The van der Waals surface area contributed by atoms with Crippen LogP contribution in [0.15, 0.2) is 83.9 Å². The van der Waals surface area contributed by atoms with E-state index in [1.807, 2.05) is 72.8 Å². The van der Waals surface area contributed by atoms with Gasteiger partial charge >= 0.3 is 6.09 Å². The van der Waals surface area contributed by atoms with Gasteiger partial charge in [0, 0.05) is 11.1 Å². The number of hydrogen-bond acceptors (Lipinski definition) is 5. The molecule has 156 valence electrons. The summed E-state index contributed by atoms with van der Waals surface area (Å²) in [4.78, 5) is 29.7. The molecule has 0 saturated carbocycles. The number of rotatable bonds is 5. The fraction of sp³-hybridized carbons (Fsp3) is 0.125. The average molecular weight is 415 g/mol. The number of ether oxygens (including phenoxy) is 2. The van der Waals surface area contributed by atoms with Crippen LogP contribution in [0.3, 0.4) is 0 Å². The minimum atomic E-state index is -1.16. The molecule has 0 saturated heterocycles. The van der Waals surface area contributed by atoms with Gasteiger partial charge in [-0.3, -0.25) is 10.1 Å². The molecule has 2 amide bonds. The van der Waals surface area contributed by atoms with Crippen LogP contribution in [0.5, 0.6) is 5.75 Å². The third-order valence-corrected chi connectivity index (χ3v) is 4.76. The van der Waals surface area contributed by atoms with E-state index >= 15 is 0 Å². The number of carbonyl (C=O) groups excluding carboxylic acids is 2. The number of alkyl carbamates (subject to hydrolysis) is 1. The molecule has 1 heterocycles. The average Bonchev–Trinajstić information content (AvgIpc) is 2.95. The highest BCUT2D eigenvalue weighted by atomic mass is 16.5. The predicted molar refractivity (Wildman–Crippen MR) is 117 cm³/mol. The molecule has 0 spiro atoms. The van der Waals surface area contributed by atoms with E-state index in [9.17, 15) is 9.59 Å². The van der Waals surface area contributed by atoms with E-state index in [0.29, 0.717) is 17.1 Å². The fourth-order valence-corrected chi connectivity index (χ4v) is 3.23. The molecule has 0 aromatic heterocycles. The second-order valence-electron chi connectivity index (χ2n) is 6.85. The molecule has 31 heavy (non-hydrogen) atoms. The standard InChI is InChI=1S/C24H21N3O4/c1-30-18-11-7-10-17(14-18)21-19-12-5-6-13-20(19)25-23(28)22(26-21)27-24(29)31-15-16-8-3-2-4-9-16/h2-14,22H,15H2,1H3,(H,25,28)(H,27,29). The maximum atomic E-state index is 12.8. The molecule has 0 bridgehead atoms. The van der Waals surface area contributed by atoms with Crippen molar-refractivity contribution < 1.29 is 19.1 Å². The number of hydrogen-bond donors (Lipinski definition) is 2. The molecule has 3 aromatic rings. The van der Waals surface area contributed by atoms with Crippen LogP contribution in [0.1, 0.15) is 16.7 Å². The van der Waals surface area contributed by atoms with Crippen LogP contribution < -0.4 is 15.4 Å². The first-order valence-electron chi connectivity index (χ1n) is 9.74. The van der Waals surface area contributed by atoms with E-state index in [4.69, 9.17) is 9.47 Å². The Morgan fingerprint density at radius 3 is 2.61 bits per heavy atom. The minimum absolute atomic E-state index is 0.0910. The topological polar surface area (TPSA) is 89.0 Å². The van der Waals surface area contributed by atoms with Crippen molar-refractivity contribution in [2.45, 2.75) is 12.8 Å². The van der Waals surface area contributed by atoms with Crippen LogP contribution in [0.25, 0.3) is 0 Å². The molecule has 7 heteroatoms. The zero-order chi connectivity index (χ0) is 21.6. The Morgan fingerprint density at radius 2 is 1.81 bits per heavy atom. The molecule has 0 fully saturated rings. The number of nitrogens with one attached hydrogen (secondary N) is 2. The predicted octanol–water partition coefficient (Wildman–Crippen LogP) is 3.74. The Balaban J connectivity index is 1.61. The Labute approximate surface area is 179 Å². The Morgan fingerprint density at radius 1 is 1.03 bits per heavy atom. The van der Waals surface area contributed by atoms with E-state index in [1.165, 1.54) is 0 Å². The fourth-order valence-electron chi connectivity index (χ4n) is 3.23. The van der Waals surface area contributed by atoms with E-state index in [0.717, 1.165) is 16.7 Å². The van der Waals surface area contributed by atoms with Gasteiger partial charge in [-0.1, -0.05) is 60.7 Å². The van der Waals surface area contributed by atoms with Crippen molar-refractivity contribution in [2.75, 3.05) is 12.4 Å². The largest absolute Gasteiger partial charge is 0.497 e. The molecular weight excluding hydrogens is 394 g/mol. The van der Waals surface area contributed by atoms with Crippen LogP contribution in [0.4, 0.5) is 10.5 Å². The number of carbonyl (C=O) groups is 2. The normalized spacial score (nSPS) is 15.1. The number of amides is 2. The highest BCUT2D eigenvalue weighted by Crippen LogP contribution is 2.25. The number of fused-ring (bicyclic) bond motifs is 1. The zero-order valence-corrected chi connectivity index (χ0v) is 16.9. The van der Waals surface area contributed by atoms with Crippen molar-refractivity contribution >= 4 is 23.4 Å². The second kappa shape index (κ2) is 9.13. The van der Waals surface area contributed by atoms with Crippen LogP contribution in [0.2, 0.25) is 0 Å². The number of benzene rings is 3. The molecule has 1 aliphatic rings. The van der Waals surface area contributed by atoms with Gasteiger partial charge in [0.05, 0.1) is 18.5 Å². The molecule has 3 aromatic carbocycles. The summed E-state index contributed by atoms with van der Waals surface area (Å²) < 4.78 is 10.6. The van der Waals surface area contributed by atoms with E-state index < -0.39 is 18.2 Å². The molecule has 7 nitrogen and oxygen atoms in total. The van der Waals surface area contributed by atoms with Crippen molar-refractivity contribution in [2.24, 2.45) is 4.99 Å². The molecule has 1 aliphatic heterocycles. The summed E-state index contributed by atoms with van der Waals surface area (Å²) in [7, 11) is 1.58. The molecule has 1 unspecified atom stereocenters. The zero-order valence-electron chi connectivity index (χ0n) is 16.9. The van der Waals surface area contributed by atoms with Gasteiger partial charge in [0.15, 0.2) is 0 Å². The summed E-state index contributed by atoms with van der Waals surface area (Å²) >= 11 is 0. The molecule has 0 aliphatic carbocycles. The number of methoxy groups -OCH3 is 1. The lowest BCUT2D eigenvalue weighted by Crippen LogP contribution is -2.42. The van der Waals surface area contributed by atoms with E-state index in [2.05, 4.69) is 15.6 Å². The minimum Gasteiger partial charge on any atom is -0.497 e. The van der Waals surface area contributed by atoms with Crippen molar-refractivity contribution in [1.82, 2.24) is 5.32 Å². The summed E-state index contributed by atoms with van der Waals surface area (Å²) in [5.74, 6) is 0.204. The van der Waals surface area contributed by atoms with E-state index in [1.54, 1.807) is 13.2 Å². The van der Waals surface area contributed by atoms with Gasteiger partial charge < -0.3 is 14.8 Å². The van der Waals surface area contributed by atoms with Gasteiger partial charge in [-0.15, -0.1) is 0 Å². The van der Waals surface area contributed by atoms with Gasteiger partial charge in [0.2, 0.25) is 6.17 Å². The van der Waals surface area contributed by atoms with Crippen molar-refractivity contribution in [3.8, 4) is 5.75 Å². The summed E-state index contributed by atoms with van der Waals surface area (Å²) in [5.41, 5.74) is 3.51. The Hall–Kier alpha value is -4.13. The summed E-state index contributed by atoms with van der Waals surface area (Å²) in [6, 6.07) is 24.0. The second-order valence-corrected chi connectivity index (χ2v) is 6.85. The van der Waals surface area contributed by atoms with Crippen molar-refractivity contribution in [3.63, 3.8) is 0 Å². The smallest absolute Gasteiger partial charge is 0.409 e. The van der Waals surface area contributed by atoms with Gasteiger partial charge in [-0.2, -0.15) is 0 Å².